The summed E-state index contributed by atoms with van der Waals surface area (Å²) in [6.07, 6.45) is 9.36. The van der Waals surface area contributed by atoms with Gasteiger partial charge in [0.15, 0.2) is 5.79 Å². The van der Waals surface area contributed by atoms with E-state index >= 15 is 0 Å². The molecule has 0 bridgehead atoms. The Labute approximate surface area is 112 Å². The van der Waals surface area contributed by atoms with Crippen molar-refractivity contribution in [1.29, 1.82) is 0 Å². The van der Waals surface area contributed by atoms with Gasteiger partial charge in [-0.15, -0.1) is 0 Å². The first-order valence-corrected chi connectivity index (χ1v) is 7.53. The summed E-state index contributed by atoms with van der Waals surface area (Å²) in [5.41, 5.74) is 0. The summed E-state index contributed by atoms with van der Waals surface area (Å²) >= 11 is 0. The van der Waals surface area contributed by atoms with E-state index in [1.54, 1.807) is 0 Å². The fraction of sp³-hybridized carbons (Fsp3) is 1.00. The molecular formula is C15H30O3. The van der Waals surface area contributed by atoms with Crippen LogP contribution >= 0.6 is 0 Å². The summed E-state index contributed by atoms with van der Waals surface area (Å²) in [7, 11) is 0. The van der Waals surface area contributed by atoms with Gasteiger partial charge >= 0.3 is 0 Å². The Bertz CT molecular complexity index is 194. The predicted molar refractivity (Wildman–Crippen MR) is 73.7 cm³/mol. The Morgan fingerprint density at radius 1 is 0.944 bits per heavy atom. The van der Waals surface area contributed by atoms with E-state index < -0.39 is 5.79 Å². The molecule has 0 aromatic carbocycles. The molecule has 3 nitrogen and oxygen atoms in total. The molecule has 0 saturated carbocycles. The minimum atomic E-state index is -0.431. The Balaban J connectivity index is 1.87. The Kier molecular flexibility index (Phi) is 7.87. The van der Waals surface area contributed by atoms with E-state index in [-0.39, 0.29) is 6.10 Å². The van der Waals surface area contributed by atoms with Gasteiger partial charge in [0.1, 0.15) is 6.10 Å². The largest absolute Gasteiger partial charge is 0.373 e. The first kappa shape index (κ1) is 15.9. The summed E-state index contributed by atoms with van der Waals surface area (Å²) in [6.45, 7) is 8.29. The molecule has 1 heterocycles. The molecule has 0 amide bonds. The Hall–Kier alpha value is -0.120. The van der Waals surface area contributed by atoms with Crippen LogP contribution in [-0.2, 0) is 14.2 Å². The third-order valence-corrected chi connectivity index (χ3v) is 3.34. The summed E-state index contributed by atoms with van der Waals surface area (Å²) in [5, 5.41) is 0. The molecule has 1 rings (SSSR count). The van der Waals surface area contributed by atoms with Crippen molar-refractivity contribution in [3.05, 3.63) is 0 Å². The van der Waals surface area contributed by atoms with Crippen LogP contribution in [-0.4, -0.2) is 31.7 Å². The van der Waals surface area contributed by atoms with E-state index in [2.05, 4.69) is 6.92 Å². The van der Waals surface area contributed by atoms with E-state index in [0.29, 0.717) is 13.2 Å². The highest BCUT2D eigenvalue weighted by molar-refractivity contribution is 4.67. The van der Waals surface area contributed by atoms with E-state index in [4.69, 9.17) is 14.2 Å². The highest BCUT2D eigenvalue weighted by Crippen LogP contribution is 2.18. The zero-order valence-corrected chi connectivity index (χ0v) is 12.4. The van der Waals surface area contributed by atoms with E-state index in [1.807, 2.05) is 13.8 Å². The van der Waals surface area contributed by atoms with Gasteiger partial charge in [-0.05, 0) is 20.3 Å². The van der Waals surface area contributed by atoms with E-state index in [1.165, 1.54) is 38.5 Å². The smallest absolute Gasteiger partial charge is 0.163 e. The standard InChI is InChI=1S/C15H30O3/c1-4-5-6-7-8-9-10-11-16-14-12-17-15(2,3)18-13-14/h14H,4-13H2,1-3H3. The highest BCUT2D eigenvalue weighted by atomic mass is 16.7. The fourth-order valence-corrected chi connectivity index (χ4v) is 2.08. The van der Waals surface area contributed by atoms with Crippen LogP contribution in [0.15, 0.2) is 0 Å². The number of hydrogen-bond donors (Lipinski definition) is 0. The second kappa shape index (κ2) is 8.89. The van der Waals surface area contributed by atoms with Crippen LogP contribution < -0.4 is 0 Å². The zero-order chi connectivity index (χ0) is 13.3. The lowest BCUT2D eigenvalue weighted by Gasteiger charge is -2.34. The molecule has 0 unspecified atom stereocenters. The lowest BCUT2D eigenvalue weighted by molar-refractivity contribution is -0.279. The molecule has 1 aliphatic heterocycles. The quantitative estimate of drug-likeness (QED) is 0.587. The molecule has 108 valence electrons. The summed E-state index contributed by atoms with van der Waals surface area (Å²) in [5.74, 6) is -0.431. The first-order chi connectivity index (χ1) is 8.64. The fourth-order valence-electron chi connectivity index (χ4n) is 2.08. The first-order valence-electron chi connectivity index (χ1n) is 7.53. The van der Waals surface area contributed by atoms with Crippen molar-refractivity contribution in [1.82, 2.24) is 0 Å². The van der Waals surface area contributed by atoms with Gasteiger partial charge in [0.2, 0.25) is 0 Å². The van der Waals surface area contributed by atoms with Crippen LogP contribution in [0.5, 0.6) is 0 Å². The highest BCUT2D eigenvalue weighted by Gasteiger charge is 2.28. The molecule has 0 aliphatic carbocycles. The second-order valence-corrected chi connectivity index (χ2v) is 5.64. The summed E-state index contributed by atoms with van der Waals surface area (Å²) in [6, 6.07) is 0. The molecule has 0 aromatic heterocycles. The zero-order valence-electron chi connectivity index (χ0n) is 12.4. The molecule has 1 fully saturated rings. The van der Waals surface area contributed by atoms with Crippen LogP contribution in [0.3, 0.4) is 0 Å². The van der Waals surface area contributed by atoms with Crippen molar-refractivity contribution < 1.29 is 14.2 Å². The monoisotopic (exact) mass is 258 g/mol. The number of hydrogen-bond acceptors (Lipinski definition) is 3. The minimum absolute atomic E-state index is 0.123. The molecule has 0 spiro atoms. The summed E-state index contributed by atoms with van der Waals surface area (Å²) < 4.78 is 16.9. The molecule has 0 atom stereocenters. The van der Waals surface area contributed by atoms with Crippen molar-refractivity contribution in [3.8, 4) is 0 Å². The van der Waals surface area contributed by atoms with Gasteiger partial charge in [-0.25, -0.2) is 0 Å². The van der Waals surface area contributed by atoms with Gasteiger partial charge in [-0.1, -0.05) is 45.4 Å². The van der Waals surface area contributed by atoms with Crippen LogP contribution in [0, 0.1) is 0 Å². The maximum absolute atomic E-state index is 5.75. The number of ether oxygens (including phenoxy) is 3. The van der Waals surface area contributed by atoms with E-state index in [0.717, 1.165) is 13.0 Å². The Morgan fingerprint density at radius 3 is 2.11 bits per heavy atom. The van der Waals surface area contributed by atoms with Gasteiger partial charge in [0.25, 0.3) is 0 Å². The molecule has 3 heteroatoms. The van der Waals surface area contributed by atoms with Crippen molar-refractivity contribution in [2.75, 3.05) is 19.8 Å². The van der Waals surface area contributed by atoms with Gasteiger partial charge in [-0.3, -0.25) is 0 Å². The third kappa shape index (κ3) is 7.34. The molecule has 0 aromatic rings. The van der Waals surface area contributed by atoms with E-state index in [9.17, 15) is 0 Å². The van der Waals surface area contributed by atoms with Crippen LogP contribution in [0.2, 0.25) is 0 Å². The van der Waals surface area contributed by atoms with Crippen molar-refractivity contribution in [3.63, 3.8) is 0 Å². The van der Waals surface area contributed by atoms with Crippen molar-refractivity contribution in [2.24, 2.45) is 0 Å². The second-order valence-electron chi connectivity index (χ2n) is 5.64. The van der Waals surface area contributed by atoms with Crippen molar-refractivity contribution in [2.45, 2.75) is 77.6 Å². The lowest BCUT2D eigenvalue weighted by atomic mass is 10.1. The topological polar surface area (TPSA) is 27.7 Å². The van der Waals surface area contributed by atoms with Gasteiger partial charge in [0, 0.05) is 6.61 Å². The molecular weight excluding hydrogens is 228 g/mol. The van der Waals surface area contributed by atoms with Gasteiger partial charge in [0.05, 0.1) is 13.2 Å². The third-order valence-electron chi connectivity index (χ3n) is 3.34. The molecule has 1 saturated heterocycles. The molecule has 0 radical (unpaired) electrons. The molecule has 18 heavy (non-hydrogen) atoms. The van der Waals surface area contributed by atoms with Crippen LogP contribution in [0.1, 0.15) is 65.7 Å². The van der Waals surface area contributed by atoms with Gasteiger partial charge in [-0.2, -0.15) is 0 Å². The normalized spacial score (nSPS) is 20.2. The van der Waals surface area contributed by atoms with Gasteiger partial charge < -0.3 is 14.2 Å². The Morgan fingerprint density at radius 2 is 1.50 bits per heavy atom. The molecule has 0 N–H and O–H groups in total. The maximum Gasteiger partial charge on any atom is 0.163 e. The number of unbranched alkanes of at least 4 members (excludes halogenated alkanes) is 6. The molecule has 1 aliphatic rings. The SMILES string of the molecule is CCCCCCCCCOC1COC(C)(C)OC1. The average Bonchev–Trinajstić information content (AvgIpc) is 2.34. The maximum atomic E-state index is 5.75. The lowest BCUT2D eigenvalue weighted by Crippen LogP contribution is -2.43. The average molecular weight is 258 g/mol. The minimum Gasteiger partial charge on any atom is -0.373 e. The van der Waals surface area contributed by atoms with Crippen LogP contribution in [0.4, 0.5) is 0 Å². The summed E-state index contributed by atoms with van der Waals surface area (Å²) in [4.78, 5) is 0. The number of rotatable bonds is 9. The van der Waals surface area contributed by atoms with Crippen LogP contribution in [0.25, 0.3) is 0 Å². The van der Waals surface area contributed by atoms with Crippen molar-refractivity contribution >= 4 is 0 Å². The predicted octanol–water partition coefficient (Wildman–Crippen LogP) is 3.91.